The van der Waals surface area contributed by atoms with E-state index in [1.165, 1.54) is 0 Å². The van der Waals surface area contributed by atoms with Crippen LogP contribution in [0, 0.1) is 6.92 Å². The van der Waals surface area contributed by atoms with Crippen molar-refractivity contribution in [1.29, 1.82) is 0 Å². The molecule has 1 amide bonds. The van der Waals surface area contributed by atoms with E-state index in [-0.39, 0.29) is 6.42 Å². The Balaban J connectivity index is 4.00. The molecule has 59 valence electrons. The van der Waals surface area contributed by atoms with Gasteiger partial charge in [-0.2, -0.15) is 0 Å². The molecule has 0 heterocycles. The topological polar surface area (TPSA) is 43.1 Å². The minimum atomic E-state index is -1.59. The first kappa shape index (κ1) is 10.3. The molecule has 0 aromatic heterocycles. The number of hydrogen-bond donors (Lipinski definition) is 1. The summed E-state index contributed by atoms with van der Waals surface area (Å²) >= 11 is 16.3. The van der Waals surface area contributed by atoms with Crippen LogP contribution < -0.4 is 5.73 Å². The van der Waals surface area contributed by atoms with Crippen molar-refractivity contribution in [3.05, 3.63) is 6.92 Å². The zero-order valence-corrected chi connectivity index (χ0v) is 7.38. The summed E-state index contributed by atoms with van der Waals surface area (Å²) in [6.45, 7) is 3.39. The quantitative estimate of drug-likeness (QED) is 0.694. The molecule has 1 radical (unpaired) electrons. The van der Waals surface area contributed by atoms with Crippen LogP contribution in [0.1, 0.15) is 6.42 Å². The Morgan fingerprint density at radius 2 is 2.10 bits per heavy atom. The van der Waals surface area contributed by atoms with Gasteiger partial charge in [0, 0.05) is 11.8 Å². The SMILES string of the molecule is [CH2]C(Cl)CC(Cl)(Cl)C(N)=O. The molecule has 5 heteroatoms. The lowest BCUT2D eigenvalue weighted by Gasteiger charge is -2.15. The summed E-state index contributed by atoms with van der Waals surface area (Å²) in [5.41, 5.74) is 4.83. The van der Waals surface area contributed by atoms with Crippen molar-refractivity contribution in [3.63, 3.8) is 0 Å². The van der Waals surface area contributed by atoms with E-state index < -0.39 is 15.6 Å². The van der Waals surface area contributed by atoms with Crippen LogP contribution in [0.3, 0.4) is 0 Å². The smallest absolute Gasteiger partial charge is 0.253 e. The number of primary amides is 1. The normalized spacial score (nSPS) is 14.8. The highest BCUT2D eigenvalue weighted by molar-refractivity contribution is 6.58. The highest BCUT2D eigenvalue weighted by Gasteiger charge is 2.32. The van der Waals surface area contributed by atoms with Crippen LogP contribution >= 0.6 is 34.8 Å². The Kier molecular flexibility index (Phi) is 3.77. The van der Waals surface area contributed by atoms with Gasteiger partial charge in [0.25, 0.3) is 5.91 Å². The van der Waals surface area contributed by atoms with Crippen molar-refractivity contribution in [2.75, 3.05) is 0 Å². The molecule has 0 bridgehead atoms. The maximum atomic E-state index is 10.4. The second-order valence-corrected chi connectivity index (χ2v) is 3.97. The Labute approximate surface area is 74.6 Å². The predicted octanol–water partition coefficient (Wildman–Crippen LogP) is 1.48. The van der Waals surface area contributed by atoms with E-state index in [4.69, 9.17) is 40.5 Å². The van der Waals surface area contributed by atoms with Crippen molar-refractivity contribution in [2.45, 2.75) is 16.1 Å². The van der Waals surface area contributed by atoms with E-state index in [2.05, 4.69) is 6.92 Å². The molecule has 0 aliphatic heterocycles. The van der Waals surface area contributed by atoms with Crippen LogP contribution in [0.5, 0.6) is 0 Å². The van der Waals surface area contributed by atoms with Crippen LogP contribution in [0.25, 0.3) is 0 Å². The molecule has 0 fully saturated rings. The zero-order chi connectivity index (χ0) is 8.36. The molecule has 0 rings (SSSR count). The van der Waals surface area contributed by atoms with Gasteiger partial charge in [-0.1, -0.05) is 23.2 Å². The van der Waals surface area contributed by atoms with Crippen molar-refractivity contribution in [2.24, 2.45) is 5.73 Å². The van der Waals surface area contributed by atoms with E-state index >= 15 is 0 Å². The van der Waals surface area contributed by atoms with Crippen LogP contribution in [0.4, 0.5) is 0 Å². The van der Waals surface area contributed by atoms with Gasteiger partial charge in [-0.15, -0.1) is 11.6 Å². The Morgan fingerprint density at radius 3 is 2.20 bits per heavy atom. The van der Waals surface area contributed by atoms with Crippen LogP contribution in [0.15, 0.2) is 0 Å². The summed E-state index contributed by atoms with van der Waals surface area (Å²) in [6.07, 6.45) is 0.0486. The first-order valence-electron chi connectivity index (χ1n) is 2.51. The molecular weight excluding hydrogens is 196 g/mol. The summed E-state index contributed by atoms with van der Waals surface area (Å²) in [6, 6.07) is 0. The van der Waals surface area contributed by atoms with Crippen LogP contribution in [-0.4, -0.2) is 15.6 Å². The fourth-order valence-corrected chi connectivity index (χ4v) is 1.14. The molecule has 0 aromatic rings. The van der Waals surface area contributed by atoms with E-state index in [0.29, 0.717) is 0 Å². The molecule has 0 aliphatic rings. The third-order valence-corrected chi connectivity index (χ3v) is 1.67. The molecule has 0 aromatic carbocycles. The molecule has 2 nitrogen and oxygen atoms in total. The van der Waals surface area contributed by atoms with Gasteiger partial charge in [0.1, 0.15) is 0 Å². The molecule has 10 heavy (non-hydrogen) atoms. The molecule has 1 unspecified atom stereocenters. The summed E-state index contributed by atoms with van der Waals surface area (Å²) in [5, 5.41) is -0.512. The van der Waals surface area contributed by atoms with Gasteiger partial charge in [-0.25, -0.2) is 0 Å². The van der Waals surface area contributed by atoms with Gasteiger partial charge in [0.05, 0.1) is 0 Å². The summed E-state index contributed by atoms with van der Waals surface area (Å²) in [5.74, 6) is -0.801. The second kappa shape index (κ2) is 3.65. The number of alkyl halides is 3. The van der Waals surface area contributed by atoms with Gasteiger partial charge in [-0.3, -0.25) is 4.79 Å². The fourth-order valence-electron chi connectivity index (χ4n) is 0.379. The number of halogens is 3. The maximum absolute atomic E-state index is 10.4. The Morgan fingerprint density at radius 1 is 1.70 bits per heavy atom. The largest absolute Gasteiger partial charge is 0.367 e. The Hall–Kier alpha value is 0.340. The van der Waals surface area contributed by atoms with Gasteiger partial charge in [0.15, 0.2) is 4.33 Å². The first-order chi connectivity index (χ1) is 4.36. The average molecular weight is 203 g/mol. The monoisotopic (exact) mass is 202 g/mol. The molecule has 0 saturated heterocycles. The number of hydrogen-bond acceptors (Lipinski definition) is 1. The first-order valence-corrected chi connectivity index (χ1v) is 3.70. The molecular formula is C5H7Cl3NO. The number of nitrogens with two attached hydrogens (primary N) is 1. The third-order valence-electron chi connectivity index (χ3n) is 0.838. The van der Waals surface area contributed by atoms with E-state index in [9.17, 15) is 4.79 Å². The Bertz CT molecular complexity index is 135. The van der Waals surface area contributed by atoms with Crippen LogP contribution in [-0.2, 0) is 4.79 Å². The molecule has 0 aliphatic carbocycles. The van der Waals surface area contributed by atoms with Crippen molar-refractivity contribution < 1.29 is 4.79 Å². The maximum Gasteiger partial charge on any atom is 0.253 e. The molecule has 2 N–H and O–H groups in total. The van der Waals surface area contributed by atoms with Crippen molar-refractivity contribution in [3.8, 4) is 0 Å². The summed E-state index contributed by atoms with van der Waals surface area (Å²) in [4.78, 5) is 10.4. The lowest BCUT2D eigenvalue weighted by Crippen LogP contribution is -2.35. The lowest BCUT2D eigenvalue weighted by atomic mass is 10.2. The minimum Gasteiger partial charge on any atom is -0.367 e. The van der Waals surface area contributed by atoms with Gasteiger partial charge in [-0.05, 0) is 6.92 Å². The molecule has 1 atom stereocenters. The fraction of sp³-hybridized carbons (Fsp3) is 0.600. The highest BCUT2D eigenvalue weighted by atomic mass is 35.5. The van der Waals surface area contributed by atoms with Crippen molar-refractivity contribution in [1.82, 2.24) is 0 Å². The van der Waals surface area contributed by atoms with E-state index in [1.54, 1.807) is 0 Å². The summed E-state index contributed by atoms with van der Waals surface area (Å²) < 4.78 is -1.59. The number of rotatable bonds is 3. The van der Waals surface area contributed by atoms with Gasteiger partial charge >= 0.3 is 0 Å². The standard InChI is InChI=1S/C5H7Cl3NO/c1-3(6)2-5(7,8)4(9)10/h3H,1-2H2,(H2,9,10). The molecule has 0 saturated carbocycles. The van der Waals surface area contributed by atoms with Crippen LogP contribution in [0.2, 0.25) is 0 Å². The van der Waals surface area contributed by atoms with Gasteiger partial charge in [0.2, 0.25) is 0 Å². The van der Waals surface area contributed by atoms with Gasteiger partial charge < -0.3 is 5.73 Å². The second-order valence-electron chi connectivity index (χ2n) is 1.87. The number of amides is 1. The number of carbonyl (C=O) groups is 1. The summed E-state index contributed by atoms with van der Waals surface area (Å²) in [7, 11) is 0. The zero-order valence-electron chi connectivity index (χ0n) is 5.11. The minimum absolute atomic E-state index is 0.0486. The highest BCUT2D eigenvalue weighted by Crippen LogP contribution is 2.27. The predicted molar refractivity (Wildman–Crippen MR) is 43.2 cm³/mol. The number of carbonyl (C=O) groups excluding carboxylic acids is 1. The average Bonchev–Trinajstić information content (AvgIpc) is 1.60. The molecule has 0 spiro atoms. The lowest BCUT2D eigenvalue weighted by molar-refractivity contribution is -0.118. The third kappa shape index (κ3) is 3.49. The van der Waals surface area contributed by atoms with Crippen molar-refractivity contribution >= 4 is 40.7 Å². The van der Waals surface area contributed by atoms with E-state index in [1.807, 2.05) is 0 Å². The van der Waals surface area contributed by atoms with E-state index in [0.717, 1.165) is 0 Å².